The van der Waals surface area contributed by atoms with Gasteiger partial charge < -0.3 is 10.6 Å². The lowest BCUT2D eigenvalue weighted by Crippen LogP contribution is -2.40. The maximum Gasteiger partial charge on any atom is 0.309 e. The number of carbonyl (C=O) groups is 2. The predicted molar refractivity (Wildman–Crippen MR) is 81.3 cm³/mol. The molecule has 21 heavy (non-hydrogen) atoms. The van der Waals surface area contributed by atoms with Gasteiger partial charge in [0.05, 0.1) is 6.04 Å². The van der Waals surface area contributed by atoms with Crippen LogP contribution in [0.3, 0.4) is 0 Å². The van der Waals surface area contributed by atoms with Crippen LogP contribution in [0.5, 0.6) is 0 Å². The highest BCUT2D eigenvalue weighted by atomic mass is 16.2. The van der Waals surface area contributed by atoms with Gasteiger partial charge in [0.25, 0.3) is 0 Å². The highest BCUT2D eigenvalue weighted by Gasteiger charge is 2.16. The summed E-state index contributed by atoms with van der Waals surface area (Å²) >= 11 is 0. The molecule has 2 amide bonds. The predicted octanol–water partition coefficient (Wildman–Crippen LogP) is 2.18. The molecule has 0 spiro atoms. The average Bonchev–Trinajstić information content (AvgIpc) is 2.54. The Balaban J connectivity index is 1.84. The molecule has 0 aliphatic rings. The first-order valence-electron chi connectivity index (χ1n) is 6.84. The smallest absolute Gasteiger partial charge is 0.309 e. The van der Waals surface area contributed by atoms with E-state index in [-0.39, 0.29) is 6.04 Å². The Morgan fingerprint density at radius 1 is 0.905 bits per heavy atom. The Hall–Kier alpha value is -2.62. The van der Waals surface area contributed by atoms with Crippen molar-refractivity contribution in [3.05, 3.63) is 71.8 Å². The number of hydrogen-bond acceptors (Lipinski definition) is 2. The molecule has 0 radical (unpaired) electrons. The summed E-state index contributed by atoms with van der Waals surface area (Å²) in [7, 11) is 0. The molecule has 0 saturated carbocycles. The first-order chi connectivity index (χ1) is 10.2. The summed E-state index contributed by atoms with van der Waals surface area (Å²) < 4.78 is 0. The van der Waals surface area contributed by atoms with Gasteiger partial charge in [0, 0.05) is 6.54 Å². The maximum atomic E-state index is 11.8. The van der Waals surface area contributed by atoms with Crippen molar-refractivity contribution in [3.63, 3.8) is 0 Å². The fraction of sp³-hybridized carbons (Fsp3) is 0.176. The minimum absolute atomic E-state index is 0.207. The van der Waals surface area contributed by atoms with E-state index in [0.29, 0.717) is 6.54 Å². The van der Waals surface area contributed by atoms with E-state index in [1.165, 1.54) is 0 Å². The van der Waals surface area contributed by atoms with Gasteiger partial charge in [-0.15, -0.1) is 0 Å². The summed E-state index contributed by atoms with van der Waals surface area (Å²) in [6.45, 7) is 2.19. The van der Waals surface area contributed by atoms with E-state index in [4.69, 9.17) is 0 Å². The van der Waals surface area contributed by atoms with Crippen molar-refractivity contribution >= 4 is 11.8 Å². The van der Waals surface area contributed by atoms with E-state index in [1.807, 2.05) is 67.6 Å². The molecule has 0 saturated heterocycles. The van der Waals surface area contributed by atoms with Crippen LogP contribution in [0, 0.1) is 0 Å². The van der Waals surface area contributed by atoms with Crippen molar-refractivity contribution in [3.8, 4) is 0 Å². The number of benzene rings is 2. The molecule has 4 heteroatoms. The van der Waals surface area contributed by atoms with Crippen molar-refractivity contribution in [2.24, 2.45) is 0 Å². The fourth-order valence-electron chi connectivity index (χ4n) is 1.95. The molecule has 2 aromatic carbocycles. The van der Waals surface area contributed by atoms with E-state index in [0.717, 1.165) is 11.1 Å². The first-order valence-corrected chi connectivity index (χ1v) is 6.84. The van der Waals surface area contributed by atoms with Gasteiger partial charge in [-0.3, -0.25) is 9.59 Å². The lowest BCUT2D eigenvalue weighted by molar-refractivity contribution is -0.139. The lowest BCUT2D eigenvalue weighted by atomic mass is 10.1. The number of carbonyl (C=O) groups excluding carboxylic acids is 2. The van der Waals surface area contributed by atoms with Crippen molar-refractivity contribution in [2.45, 2.75) is 19.5 Å². The third-order valence-electron chi connectivity index (χ3n) is 3.15. The molecule has 108 valence electrons. The highest BCUT2D eigenvalue weighted by Crippen LogP contribution is 2.10. The molecular formula is C17H18N2O2. The zero-order valence-corrected chi connectivity index (χ0v) is 11.9. The van der Waals surface area contributed by atoms with Crippen LogP contribution >= 0.6 is 0 Å². The van der Waals surface area contributed by atoms with Crippen LogP contribution < -0.4 is 10.6 Å². The molecule has 2 aromatic rings. The zero-order chi connectivity index (χ0) is 15.1. The Labute approximate surface area is 124 Å². The van der Waals surface area contributed by atoms with Gasteiger partial charge in [0.1, 0.15) is 0 Å². The molecule has 1 atom stereocenters. The normalized spacial score (nSPS) is 11.5. The minimum atomic E-state index is -0.623. The van der Waals surface area contributed by atoms with Crippen LogP contribution in [0.15, 0.2) is 60.7 Å². The van der Waals surface area contributed by atoms with Crippen molar-refractivity contribution in [2.75, 3.05) is 0 Å². The van der Waals surface area contributed by atoms with Crippen LogP contribution in [0.25, 0.3) is 0 Å². The Kier molecular flexibility index (Phi) is 5.10. The van der Waals surface area contributed by atoms with Crippen LogP contribution in [0.2, 0.25) is 0 Å². The quantitative estimate of drug-likeness (QED) is 0.844. The second kappa shape index (κ2) is 7.24. The van der Waals surface area contributed by atoms with E-state index >= 15 is 0 Å². The van der Waals surface area contributed by atoms with Crippen LogP contribution in [-0.2, 0) is 16.1 Å². The van der Waals surface area contributed by atoms with Gasteiger partial charge in [-0.25, -0.2) is 0 Å². The number of hydrogen-bond donors (Lipinski definition) is 2. The average molecular weight is 282 g/mol. The first kappa shape index (κ1) is 14.8. The highest BCUT2D eigenvalue weighted by molar-refractivity contribution is 6.35. The summed E-state index contributed by atoms with van der Waals surface area (Å²) in [6, 6.07) is 18.8. The molecule has 2 N–H and O–H groups in total. The van der Waals surface area contributed by atoms with Gasteiger partial charge in [0.2, 0.25) is 0 Å². The standard InChI is InChI=1S/C17H18N2O2/c1-13(15-10-6-3-7-11-15)19-17(21)16(20)18-12-14-8-4-2-5-9-14/h2-11,13H,12H2,1H3,(H,18,20)(H,19,21)/t13-/m0/s1. The van der Waals surface area contributed by atoms with Crippen LogP contribution in [-0.4, -0.2) is 11.8 Å². The Morgan fingerprint density at radius 3 is 2.10 bits per heavy atom. The second-order valence-corrected chi connectivity index (χ2v) is 4.77. The molecular weight excluding hydrogens is 264 g/mol. The Bertz CT molecular complexity index is 597. The van der Waals surface area contributed by atoms with E-state index in [2.05, 4.69) is 10.6 Å². The van der Waals surface area contributed by atoms with Gasteiger partial charge in [-0.1, -0.05) is 60.7 Å². The Morgan fingerprint density at radius 2 is 1.48 bits per heavy atom. The summed E-state index contributed by atoms with van der Waals surface area (Å²) in [6.07, 6.45) is 0. The van der Waals surface area contributed by atoms with Crippen LogP contribution in [0.4, 0.5) is 0 Å². The number of nitrogens with one attached hydrogen (secondary N) is 2. The van der Waals surface area contributed by atoms with Crippen molar-refractivity contribution < 1.29 is 9.59 Å². The number of rotatable bonds is 4. The molecule has 0 fully saturated rings. The third-order valence-corrected chi connectivity index (χ3v) is 3.15. The summed E-state index contributed by atoms with van der Waals surface area (Å²) in [5, 5.41) is 5.29. The lowest BCUT2D eigenvalue weighted by Gasteiger charge is -2.14. The van der Waals surface area contributed by atoms with E-state index < -0.39 is 11.8 Å². The summed E-state index contributed by atoms with van der Waals surface area (Å²) in [5.41, 5.74) is 1.91. The van der Waals surface area contributed by atoms with E-state index in [9.17, 15) is 9.59 Å². The SMILES string of the molecule is C[C@H](NC(=O)C(=O)NCc1ccccc1)c1ccccc1. The summed E-state index contributed by atoms with van der Waals surface area (Å²) in [5.74, 6) is -1.25. The van der Waals surface area contributed by atoms with E-state index in [1.54, 1.807) is 0 Å². The van der Waals surface area contributed by atoms with Crippen molar-refractivity contribution in [1.82, 2.24) is 10.6 Å². The van der Waals surface area contributed by atoms with Gasteiger partial charge >= 0.3 is 11.8 Å². The van der Waals surface area contributed by atoms with Gasteiger partial charge in [-0.2, -0.15) is 0 Å². The second-order valence-electron chi connectivity index (χ2n) is 4.77. The molecule has 0 aromatic heterocycles. The minimum Gasteiger partial charge on any atom is -0.344 e. The zero-order valence-electron chi connectivity index (χ0n) is 11.9. The molecule has 0 unspecified atom stereocenters. The fourth-order valence-corrected chi connectivity index (χ4v) is 1.95. The molecule has 0 aliphatic carbocycles. The molecule has 4 nitrogen and oxygen atoms in total. The molecule has 0 bridgehead atoms. The molecule has 0 heterocycles. The molecule has 0 aliphatic heterocycles. The number of amides is 2. The summed E-state index contributed by atoms with van der Waals surface area (Å²) in [4.78, 5) is 23.6. The third kappa shape index (κ3) is 4.45. The monoisotopic (exact) mass is 282 g/mol. The van der Waals surface area contributed by atoms with Gasteiger partial charge in [-0.05, 0) is 18.1 Å². The topological polar surface area (TPSA) is 58.2 Å². The van der Waals surface area contributed by atoms with Gasteiger partial charge in [0.15, 0.2) is 0 Å². The maximum absolute atomic E-state index is 11.8. The van der Waals surface area contributed by atoms with Crippen molar-refractivity contribution in [1.29, 1.82) is 0 Å². The van der Waals surface area contributed by atoms with Crippen LogP contribution in [0.1, 0.15) is 24.1 Å². The largest absolute Gasteiger partial charge is 0.344 e. The molecule has 2 rings (SSSR count).